The molecule has 50 heavy (non-hydrogen) atoms. The fraction of sp³-hybridized carbons (Fsp3) is 0.0625. The molecule has 0 aliphatic heterocycles. The van der Waals surface area contributed by atoms with E-state index in [-0.39, 0.29) is 72.0 Å². The van der Waals surface area contributed by atoms with E-state index in [9.17, 15) is 9.60 Å². The van der Waals surface area contributed by atoms with E-state index in [2.05, 4.69) is 0 Å². The molecule has 1 aromatic heterocycles. The lowest BCUT2D eigenvalue weighted by molar-refractivity contribution is 0.660. The zero-order chi connectivity index (χ0) is 50.8. The first-order valence-electron chi connectivity index (χ1n) is 25.8. The molecule has 0 spiro atoms. The van der Waals surface area contributed by atoms with Crippen molar-refractivity contribution in [2.24, 2.45) is 0 Å². The van der Waals surface area contributed by atoms with Gasteiger partial charge in [0, 0.05) is 16.7 Å². The van der Waals surface area contributed by atoms with Crippen LogP contribution in [0.5, 0.6) is 0 Å². The lowest BCUT2D eigenvalue weighted by Crippen LogP contribution is -2.14. The molecule has 10 rings (SSSR count). The van der Waals surface area contributed by atoms with Crippen LogP contribution >= 0.6 is 0 Å². The van der Waals surface area contributed by atoms with Crippen molar-refractivity contribution in [1.82, 2.24) is 9.55 Å². The normalized spacial score (nSPS) is 18.8. The number of imidazole rings is 1. The molecule has 1 heterocycles. The number of fused-ring (bicyclic) bond motifs is 6. The lowest BCUT2D eigenvalue weighted by atomic mass is 9.80. The number of benzene rings is 8. The number of nitrogens with zero attached hydrogens (tertiary/aromatic N) is 2. The van der Waals surface area contributed by atoms with Gasteiger partial charge >= 0.3 is 0 Å². The molecule has 0 atom stereocenters. The Kier molecular flexibility index (Phi) is 3.29. The standard InChI is InChI=1S/C48H34N2/c1-48(2)41-25-13-12-18-33(41)34-29-28-31(30-42(34)48)45-35-19-6-8-21-37(35)46(38-22-9-7-20-36(38)45)39-23-10-11-24-40(39)47-49-43-26-14-15-27-44(43)50(47)32-16-4-3-5-17-32/h3-30H,1-2H3/i3D,4D,5D,6D,7D,8D,9D,12D,13D,16D,17D,18D,19D,20D,21D,22D,25D,28D,29D,30D. The average molecular weight is 659 g/mol. The van der Waals surface area contributed by atoms with Gasteiger partial charge in [0.05, 0.1) is 38.4 Å². The minimum atomic E-state index is -1.44. The zero-order valence-electron chi connectivity index (χ0n) is 46.5. The molecule has 0 fully saturated rings. The molecule has 236 valence electrons. The number of aromatic nitrogens is 2. The summed E-state index contributed by atoms with van der Waals surface area (Å²) in [6.45, 7) is 3.18. The van der Waals surface area contributed by atoms with Crippen molar-refractivity contribution < 1.29 is 27.4 Å². The van der Waals surface area contributed by atoms with Gasteiger partial charge in [-0.2, -0.15) is 0 Å². The molecule has 1 aliphatic carbocycles. The van der Waals surface area contributed by atoms with Crippen LogP contribution in [0.2, 0.25) is 0 Å². The quantitative estimate of drug-likeness (QED) is 0.172. The van der Waals surface area contributed by atoms with E-state index in [0.29, 0.717) is 11.0 Å². The second-order valence-electron chi connectivity index (χ2n) is 12.4. The molecule has 0 bridgehead atoms. The molecule has 2 nitrogen and oxygen atoms in total. The Labute approximate surface area is 320 Å². The van der Waals surface area contributed by atoms with Crippen molar-refractivity contribution in [3.8, 4) is 50.5 Å². The Morgan fingerprint density at radius 1 is 0.520 bits per heavy atom. The number of rotatable bonds is 4. The SMILES string of the molecule is [2H]c1c([2H])c([2H])c(-n2c(-c3ccccc3-c3c4c([2H])c([2H])c([2H])c([2H])c4c(-c4c([2H])c([2H])c5c(c4[2H])C(C)(C)c4c([2H])c([2H])c([2H])c([2H])c4-5)c4c([2H])c([2H])c([2H])c([2H])c34)nc3ccccc32)c([2H])c1[2H]. The second kappa shape index (κ2) is 10.9. The maximum atomic E-state index is 9.99. The predicted molar refractivity (Wildman–Crippen MR) is 210 cm³/mol. The van der Waals surface area contributed by atoms with E-state index in [1.165, 1.54) is 10.6 Å². The molecule has 0 radical (unpaired) electrons. The van der Waals surface area contributed by atoms with Gasteiger partial charge in [0.1, 0.15) is 5.82 Å². The zero-order valence-corrected chi connectivity index (χ0v) is 26.5. The van der Waals surface area contributed by atoms with Crippen LogP contribution in [0.25, 0.3) is 83.0 Å². The minimum Gasteiger partial charge on any atom is -0.292 e. The summed E-state index contributed by atoms with van der Waals surface area (Å²) < 4.78 is 183. The van der Waals surface area contributed by atoms with Gasteiger partial charge in [0.2, 0.25) is 0 Å². The Morgan fingerprint density at radius 3 is 1.84 bits per heavy atom. The van der Waals surface area contributed by atoms with Gasteiger partial charge in [-0.15, -0.1) is 0 Å². The Balaban J connectivity index is 1.44. The summed E-state index contributed by atoms with van der Waals surface area (Å²) in [5, 5.41) is -1.40. The molecule has 2 heteroatoms. The topological polar surface area (TPSA) is 17.8 Å². The van der Waals surface area contributed by atoms with E-state index in [4.69, 9.17) is 22.8 Å². The molecule has 0 unspecified atom stereocenters. The van der Waals surface area contributed by atoms with Crippen LogP contribution in [0.3, 0.4) is 0 Å². The molecule has 0 saturated heterocycles. The van der Waals surface area contributed by atoms with Crippen LogP contribution in [0, 0.1) is 0 Å². The summed E-state index contributed by atoms with van der Waals surface area (Å²) in [6.07, 6.45) is 0. The number of hydrogen-bond acceptors (Lipinski definition) is 1. The summed E-state index contributed by atoms with van der Waals surface area (Å²) in [7, 11) is 0. The van der Waals surface area contributed by atoms with Gasteiger partial charge < -0.3 is 0 Å². The first kappa shape index (κ1) is 15.1. The average Bonchev–Trinajstić information content (AvgIpc) is 3.84. The summed E-state index contributed by atoms with van der Waals surface area (Å²) >= 11 is 0. The maximum Gasteiger partial charge on any atom is 0.146 e. The van der Waals surface area contributed by atoms with Gasteiger partial charge in [-0.3, -0.25) is 4.57 Å². The highest BCUT2D eigenvalue weighted by molar-refractivity contribution is 6.22. The Morgan fingerprint density at radius 2 is 1.10 bits per heavy atom. The van der Waals surface area contributed by atoms with Crippen LogP contribution in [0.15, 0.2) is 169 Å². The third-order valence-corrected chi connectivity index (χ3v) is 9.33. The summed E-state index contributed by atoms with van der Waals surface area (Å²) in [5.74, 6) is -0.0160. The van der Waals surface area contributed by atoms with Crippen molar-refractivity contribution in [2.75, 3.05) is 0 Å². The largest absolute Gasteiger partial charge is 0.292 e. The second-order valence-corrected chi connectivity index (χ2v) is 12.4. The smallest absolute Gasteiger partial charge is 0.146 e. The van der Waals surface area contributed by atoms with Crippen molar-refractivity contribution >= 4 is 32.6 Å². The van der Waals surface area contributed by atoms with E-state index in [0.717, 1.165) is 0 Å². The molecule has 0 amide bonds. The molecule has 0 N–H and O–H groups in total. The predicted octanol–water partition coefficient (Wildman–Crippen LogP) is 12.6. The van der Waals surface area contributed by atoms with Crippen LogP contribution in [-0.4, -0.2) is 9.55 Å². The monoisotopic (exact) mass is 658 g/mol. The number of para-hydroxylation sites is 3. The molecular weight excluding hydrogens is 605 g/mol. The van der Waals surface area contributed by atoms with Crippen molar-refractivity contribution in [3.05, 3.63) is 181 Å². The fourth-order valence-electron chi connectivity index (χ4n) is 7.11. The maximum absolute atomic E-state index is 9.99. The fourth-order valence-corrected chi connectivity index (χ4v) is 7.11. The van der Waals surface area contributed by atoms with Gasteiger partial charge in [-0.25, -0.2) is 4.98 Å². The summed E-state index contributed by atoms with van der Waals surface area (Å²) in [6, 6.07) is 0.0643. The van der Waals surface area contributed by atoms with E-state index >= 15 is 0 Å². The van der Waals surface area contributed by atoms with Crippen molar-refractivity contribution in [3.63, 3.8) is 0 Å². The van der Waals surface area contributed by atoms with Crippen LogP contribution in [-0.2, 0) is 5.41 Å². The summed E-state index contributed by atoms with van der Waals surface area (Å²) in [4.78, 5) is 4.90. The van der Waals surface area contributed by atoms with E-state index in [1.54, 1.807) is 56.3 Å². The lowest BCUT2D eigenvalue weighted by Gasteiger charge is -2.23. The van der Waals surface area contributed by atoms with Gasteiger partial charge in [-0.05, 0) is 96.3 Å². The molecule has 1 aliphatic rings. The van der Waals surface area contributed by atoms with E-state index in [1.807, 2.05) is 0 Å². The molecule has 8 aromatic carbocycles. The van der Waals surface area contributed by atoms with Crippen molar-refractivity contribution in [1.29, 1.82) is 0 Å². The Hall–Kier alpha value is -6.25. The highest BCUT2D eigenvalue weighted by Gasteiger charge is 2.35. The van der Waals surface area contributed by atoms with Crippen LogP contribution in [0.1, 0.15) is 52.4 Å². The van der Waals surface area contributed by atoms with E-state index < -0.39 is 137 Å². The van der Waals surface area contributed by atoms with Gasteiger partial charge in [-0.1, -0.05) is 153 Å². The molecule has 0 saturated carbocycles. The molecule has 9 aromatic rings. The Bertz CT molecular complexity index is 3820. The third-order valence-electron chi connectivity index (χ3n) is 9.33. The van der Waals surface area contributed by atoms with Crippen LogP contribution < -0.4 is 0 Å². The third kappa shape index (κ3) is 4.12. The van der Waals surface area contributed by atoms with Gasteiger partial charge in [0.25, 0.3) is 0 Å². The highest BCUT2D eigenvalue weighted by atomic mass is 15.1. The van der Waals surface area contributed by atoms with Gasteiger partial charge in [0.15, 0.2) is 0 Å². The summed E-state index contributed by atoms with van der Waals surface area (Å²) in [5.41, 5.74) is -2.03. The first-order chi connectivity index (χ1) is 32.9. The minimum absolute atomic E-state index is 0.00514. The molecular formula is C48H34N2. The highest BCUT2D eigenvalue weighted by Crippen LogP contribution is 2.51. The van der Waals surface area contributed by atoms with Crippen LogP contribution in [0.4, 0.5) is 0 Å². The number of hydrogen-bond donors (Lipinski definition) is 0. The first-order valence-corrected chi connectivity index (χ1v) is 15.8. The van der Waals surface area contributed by atoms with Crippen molar-refractivity contribution in [2.45, 2.75) is 19.3 Å².